The van der Waals surface area contributed by atoms with Crippen molar-refractivity contribution < 1.29 is 9.53 Å². The molecule has 1 fully saturated rings. The van der Waals surface area contributed by atoms with Crippen molar-refractivity contribution in [3.63, 3.8) is 0 Å². The fourth-order valence-corrected chi connectivity index (χ4v) is 1.52. The molecular weight excluding hydrogens is 168 g/mol. The minimum absolute atomic E-state index is 0.199. The lowest BCUT2D eigenvalue weighted by molar-refractivity contribution is -0.131. The van der Waals surface area contributed by atoms with Crippen LogP contribution in [0.15, 0.2) is 0 Å². The highest BCUT2D eigenvalue weighted by molar-refractivity contribution is 5.78. The summed E-state index contributed by atoms with van der Waals surface area (Å²) in [6.45, 7) is 2.09. The second kappa shape index (κ2) is 4.58. The molecule has 0 N–H and O–H groups in total. The van der Waals surface area contributed by atoms with Gasteiger partial charge in [0.25, 0.3) is 0 Å². The normalized spacial score (nSPS) is 22.8. The van der Waals surface area contributed by atoms with Crippen molar-refractivity contribution in [2.24, 2.45) is 0 Å². The van der Waals surface area contributed by atoms with Crippen molar-refractivity contribution in [1.82, 2.24) is 9.80 Å². The predicted molar refractivity (Wildman–Crippen MR) is 50.5 cm³/mol. The van der Waals surface area contributed by atoms with Gasteiger partial charge in [-0.05, 0) is 20.5 Å². The Labute approximate surface area is 79.4 Å². The first-order valence-corrected chi connectivity index (χ1v) is 4.58. The van der Waals surface area contributed by atoms with Gasteiger partial charge in [0.1, 0.15) is 0 Å². The molecule has 1 rings (SSSR count). The Morgan fingerprint density at radius 3 is 2.77 bits per heavy atom. The quantitative estimate of drug-likeness (QED) is 0.611. The summed E-state index contributed by atoms with van der Waals surface area (Å²) in [5, 5.41) is 0. The smallest absolute Gasteiger partial charge is 0.236 e. The maximum Gasteiger partial charge on any atom is 0.236 e. The average Bonchev–Trinajstić information content (AvgIpc) is 2.50. The van der Waals surface area contributed by atoms with Gasteiger partial charge in [0.2, 0.25) is 5.91 Å². The predicted octanol–water partition coefficient (Wildman–Crippen LogP) is -0.205. The van der Waals surface area contributed by atoms with Crippen molar-refractivity contribution in [2.75, 3.05) is 40.8 Å². The van der Waals surface area contributed by atoms with Crippen LogP contribution < -0.4 is 0 Å². The SMILES string of the molecule is COC1CCN(C(=O)CN(C)C)C1. The van der Waals surface area contributed by atoms with E-state index < -0.39 is 0 Å². The molecule has 1 amide bonds. The lowest BCUT2D eigenvalue weighted by Gasteiger charge is -2.18. The van der Waals surface area contributed by atoms with Crippen LogP contribution in [0.3, 0.4) is 0 Å². The van der Waals surface area contributed by atoms with E-state index in [2.05, 4.69) is 0 Å². The Bertz CT molecular complexity index is 182. The molecule has 4 heteroatoms. The summed E-state index contributed by atoms with van der Waals surface area (Å²) in [7, 11) is 5.51. The van der Waals surface area contributed by atoms with Crippen LogP contribution in [0.25, 0.3) is 0 Å². The Hall–Kier alpha value is -0.610. The minimum Gasteiger partial charge on any atom is -0.380 e. The highest BCUT2D eigenvalue weighted by Gasteiger charge is 2.25. The molecule has 1 atom stereocenters. The number of carbonyl (C=O) groups is 1. The molecule has 0 radical (unpaired) electrons. The highest BCUT2D eigenvalue weighted by atomic mass is 16.5. The number of nitrogens with zero attached hydrogens (tertiary/aromatic N) is 2. The van der Waals surface area contributed by atoms with Crippen molar-refractivity contribution in [2.45, 2.75) is 12.5 Å². The van der Waals surface area contributed by atoms with Gasteiger partial charge in [0, 0.05) is 20.2 Å². The third-order valence-corrected chi connectivity index (χ3v) is 2.28. The van der Waals surface area contributed by atoms with Gasteiger partial charge in [-0.15, -0.1) is 0 Å². The maximum absolute atomic E-state index is 11.5. The lowest BCUT2D eigenvalue weighted by Crippen LogP contribution is -2.36. The largest absolute Gasteiger partial charge is 0.380 e. The summed E-state index contributed by atoms with van der Waals surface area (Å²) in [6, 6.07) is 0. The van der Waals surface area contributed by atoms with Crippen LogP contribution in [0, 0.1) is 0 Å². The molecule has 1 aliphatic heterocycles. The third kappa shape index (κ3) is 2.97. The van der Waals surface area contributed by atoms with Crippen molar-refractivity contribution >= 4 is 5.91 Å². The van der Waals surface area contributed by atoms with E-state index in [-0.39, 0.29) is 12.0 Å². The number of carbonyl (C=O) groups excluding carboxylic acids is 1. The van der Waals surface area contributed by atoms with Gasteiger partial charge in [-0.2, -0.15) is 0 Å². The van der Waals surface area contributed by atoms with Gasteiger partial charge >= 0.3 is 0 Å². The molecule has 1 heterocycles. The first-order valence-electron chi connectivity index (χ1n) is 4.58. The Balaban J connectivity index is 2.33. The molecule has 0 bridgehead atoms. The second-order valence-electron chi connectivity index (χ2n) is 3.72. The molecule has 0 aliphatic carbocycles. The van der Waals surface area contributed by atoms with E-state index >= 15 is 0 Å². The number of methoxy groups -OCH3 is 1. The zero-order chi connectivity index (χ0) is 9.84. The van der Waals surface area contributed by atoms with Crippen molar-refractivity contribution in [3.8, 4) is 0 Å². The van der Waals surface area contributed by atoms with Crippen molar-refractivity contribution in [3.05, 3.63) is 0 Å². The third-order valence-electron chi connectivity index (χ3n) is 2.28. The van der Waals surface area contributed by atoms with Gasteiger partial charge < -0.3 is 14.5 Å². The van der Waals surface area contributed by atoms with Crippen LogP contribution in [-0.2, 0) is 9.53 Å². The topological polar surface area (TPSA) is 32.8 Å². The summed E-state index contributed by atoms with van der Waals surface area (Å²) in [6.07, 6.45) is 1.21. The van der Waals surface area contributed by atoms with E-state index in [9.17, 15) is 4.79 Å². The van der Waals surface area contributed by atoms with E-state index in [4.69, 9.17) is 4.74 Å². The molecule has 1 aliphatic rings. The van der Waals surface area contributed by atoms with Crippen molar-refractivity contribution in [1.29, 1.82) is 0 Å². The number of likely N-dealkylation sites (tertiary alicyclic amines) is 1. The molecular formula is C9H18N2O2. The number of ether oxygens (including phenoxy) is 1. The molecule has 0 aromatic rings. The average molecular weight is 186 g/mol. The number of likely N-dealkylation sites (N-methyl/N-ethyl adjacent to an activating group) is 1. The van der Waals surface area contributed by atoms with E-state index in [0.29, 0.717) is 6.54 Å². The Morgan fingerprint density at radius 1 is 1.62 bits per heavy atom. The van der Waals surface area contributed by atoms with Gasteiger partial charge in [-0.1, -0.05) is 0 Å². The molecule has 1 saturated heterocycles. The first kappa shape index (κ1) is 10.5. The molecule has 76 valence electrons. The summed E-state index contributed by atoms with van der Waals surface area (Å²) < 4.78 is 5.19. The lowest BCUT2D eigenvalue weighted by atomic mass is 10.3. The monoisotopic (exact) mass is 186 g/mol. The van der Waals surface area contributed by atoms with Crippen LogP contribution in [-0.4, -0.2) is 62.7 Å². The number of hydrogen-bond donors (Lipinski definition) is 0. The molecule has 0 spiro atoms. The summed E-state index contributed by atoms with van der Waals surface area (Å²) >= 11 is 0. The Morgan fingerprint density at radius 2 is 2.31 bits per heavy atom. The summed E-state index contributed by atoms with van der Waals surface area (Å²) in [5.74, 6) is 0.199. The molecule has 0 aromatic carbocycles. The first-order chi connectivity index (χ1) is 6.13. The van der Waals surface area contributed by atoms with Crippen LogP contribution in [0.1, 0.15) is 6.42 Å². The second-order valence-corrected chi connectivity index (χ2v) is 3.72. The fraction of sp³-hybridized carbons (Fsp3) is 0.889. The van der Waals surface area contributed by atoms with E-state index in [1.807, 2.05) is 23.9 Å². The van der Waals surface area contributed by atoms with Gasteiger partial charge in [-0.3, -0.25) is 4.79 Å². The molecule has 4 nitrogen and oxygen atoms in total. The number of amides is 1. The molecule has 1 unspecified atom stereocenters. The van der Waals surface area contributed by atoms with E-state index in [1.54, 1.807) is 7.11 Å². The zero-order valence-electron chi connectivity index (χ0n) is 8.62. The molecule has 13 heavy (non-hydrogen) atoms. The van der Waals surface area contributed by atoms with Crippen LogP contribution in [0.5, 0.6) is 0 Å². The number of hydrogen-bond acceptors (Lipinski definition) is 3. The Kier molecular flexibility index (Phi) is 3.69. The van der Waals surface area contributed by atoms with E-state index in [0.717, 1.165) is 19.5 Å². The van der Waals surface area contributed by atoms with Crippen LogP contribution in [0.4, 0.5) is 0 Å². The standard InChI is InChI=1S/C9H18N2O2/c1-10(2)7-9(12)11-5-4-8(6-11)13-3/h8H,4-7H2,1-3H3. The highest BCUT2D eigenvalue weighted by Crippen LogP contribution is 2.11. The zero-order valence-corrected chi connectivity index (χ0v) is 8.62. The van der Waals surface area contributed by atoms with Crippen LogP contribution >= 0.6 is 0 Å². The van der Waals surface area contributed by atoms with E-state index in [1.165, 1.54) is 0 Å². The minimum atomic E-state index is 0.199. The fourth-order valence-electron chi connectivity index (χ4n) is 1.52. The molecule has 0 aromatic heterocycles. The van der Waals surface area contributed by atoms with Crippen LogP contribution in [0.2, 0.25) is 0 Å². The molecule has 0 saturated carbocycles. The summed E-state index contributed by atoms with van der Waals surface area (Å²) in [5.41, 5.74) is 0. The number of rotatable bonds is 3. The van der Waals surface area contributed by atoms with Gasteiger partial charge in [0.05, 0.1) is 12.6 Å². The van der Waals surface area contributed by atoms with Gasteiger partial charge in [0.15, 0.2) is 0 Å². The summed E-state index contributed by atoms with van der Waals surface area (Å²) in [4.78, 5) is 15.3. The van der Waals surface area contributed by atoms with Gasteiger partial charge in [-0.25, -0.2) is 0 Å². The maximum atomic E-state index is 11.5.